The minimum atomic E-state index is -0.349. The molecular weight excluding hydrogens is 472 g/mol. The monoisotopic (exact) mass is 480 g/mol. The summed E-state index contributed by atoms with van der Waals surface area (Å²) in [7, 11) is 0. The number of pyridine rings is 1. The lowest BCUT2D eigenvalue weighted by molar-refractivity contribution is 0.102. The first-order valence-electron chi connectivity index (χ1n) is 8.10. The van der Waals surface area contributed by atoms with Gasteiger partial charge in [0, 0.05) is 16.0 Å². The fourth-order valence-corrected chi connectivity index (χ4v) is 5.13. The second kappa shape index (κ2) is 7.60. The summed E-state index contributed by atoms with van der Waals surface area (Å²) >= 11 is 5.84. The number of halogens is 1. The van der Waals surface area contributed by atoms with Crippen LogP contribution in [0, 0.1) is 28.1 Å². The number of carbonyl (C=O) groups excluding carboxylic acids is 1. The maximum Gasteiger partial charge on any atom is 0.257 e. The number of hydrogen-bond donors (Lipinski definition) is 2. The molecule has 7 nitrogen and oxygen atoms in total. The predicted octanol–water partition coefficient (Wildman–Crippen LogP) is 4.36. The summed E-state index contributed by atoms with van der Waals surface area (Å²) in [6.45, 7) is 0. The van der Waals surface area contributed by atoms with Crippen molar-refractivity contribution in [2.45, 2.75) is 0 Å². The molecule has 1 amide bonds. The van der Waals surface area contributed by atoms with Gasteiger partial charge in [-0.25, -0.2) is 4.52 Å². The zero-order chi connectivity index (χ0) is 20.5. The third kappa shape index (κ3) is 3.34. The lowest BCUT2D eigenvalue weighted by atomic mass is 10.0. The first-order valence-corrected chi connectivity index (χ1v) is 10.5. The SMILES string of the molecule is N#Cc1c(-c2ccc(Br)s2)c(C#N)c2sc(NC(=O)c3ccccc3)nn2c1=N. The molecule has 0 unspecified atom stereocenters. The highest BCUT2D eigenvalue weighted by molar-refractivity contribution is 9.11. The van der Waals surface area contributed by atoms with Crippen LogP contribution in [0.4, 0.5) is 5.13 Å². The lowest BCUT2D eigenvalue weighted by Gasteiger charge is -2.06. The van der Waals surface area contributed by atoms with Crippen molar-refractivity contribution >= 4 is 54.5 Å². The third-order valence-corrected chi connectivity index (χ3v) is 6.63. The van der Waals surface area contributed by atoms with Gasteiger partial charge in [0.2, 0.25) is 5.13 Å². The highest BCUT2D eigenvalue weighted by Crippen LogP contribution is 2.37. The first kappa shape index (κ1) is 19.0. The summed E-state index contributed by atoms with van der Waals surface area (Å²) in [5, 5.41) is 35.1. The van der Waals surface area contributed by atoms with Crippen molar-refractivity contribution < 1.29 is 4.79 Å². The molecule has 0 radical (unpaired) electrons. The normalized spacial score (nSPS) is 10.4. The molecule has 4 rings (SSSR count). The van der Waals surface area contributed by atoms with E-state index in [2.05, 4.69) is 32.4 Å². The van der Waals surface area contributed by atoms with Crippen molar-refractivity contribution in [1.82, 2.24) is 9.61 Å². The van der Waals surface area contributed by atoms with E-state index in [4.69, 9.17) is 5.41 Å². The van der Waals surface area contributed by atoms with Gasteiger partial charge in [0.05, 0.1) is 9.35 Å². The molecule has 0 fully saturated rings. The van der Waals surface area contributed by atoms with Crippen LogP contribution in [0.2, 0.25) is 0 Å². The highest BCUT2D eigenvalue weighted by Gasteiger charge is 2.22. The van der Waals surface area contributed by atoms with Crippen LogP contribution < -0.4 is 10.8 Å². The Kier molecular flexibility index (Phi) is 4.99. The van der Waals surface area contributed by atoms with E-state index in [0.717, 1.165) is 15.1 Å². The highest BCUT2D eigenvalue weighted by atomic mass is 79.9. The smallest absolute Gasteiger partial charge is 0.257 e. The average molecular weight is 481 g/mol. The van der Waals surface area contributed by atoms with Gasteiger partial charge in [-0.2, -0.15) is 10.5 Å². The van der Waals surface area contributed by atoms with Crippen LogP contribution in [0.25, 0.3) is 15.3 Å². The van der Waals surface area contributed by atoms with Gasteiger partial charge in [-0.15, -0.1) is 16.4 Å². The van der Waals surface area contributed by atoms with Crippen molar-refractivity contribution in [2.75, 3.05) is 5.32 Å². The second-order valence-electron chi connectivity index (χ2n) is 5.75. The molecule has 0 atom stereocenters. The number of nitrogens with zero attached hydrogens (tertiary/aromatic N) is 4. The minimum Gasteiger partial charge on any atom is -0.296 e. The Labute approximate surface area is 180 Å². The molecule has 3 heterocycles. The van der Waals surface area contributed by atoms with E-state index >= 15 is 0 Å². The molecule has 140 valence electrons. The molecule has 10 heteroatoms. The van der Waals surface area contributed by atoms with E-state index in [0.29, 0.717) is 20.8 Å². The summed E-state index contributed by atoms with van der Waals surface area (Å²) in [4.78, 5) is 13.5. The summed E-state index contributed by atoms with van der Waals surface area (Å²) in [6, 6.07) is 16.4. The van der Waals surface area contributed by atoms with Gasteiger partial charge < -0.3 is 0 Å². The number of benzene rings is 1. The zero-order valence-corrected chi connectivity index (χ0v) is 17.7. The molecule has 4 aromatic rings. The Morgan fingerprint density at radius 3 is 2.45 bits per heavy atom. The molecule has 0 aliphatic rings. The Balaban J connectivity index is 1.90. The van der Waals surface area contributed by atoms with Gasteiger partial charge in [0.15, 0.2) is 5.49 Å². The summed E-state index contributed by atoms with van der Waals surface area (Å²) in [5.41, 5.74) is 1.02. The fraction of sp³-hybridized carbons (Fsp3) is 0. The molecule has 2 N–H and O–H groups in total. The number of nitrogens with one attached hydrogen (secondary N) is 2. The molecule has 0 saturated heterocycles. The van der Waals surface area contributed by atoms with Crippen LogP contribution in [0.5, 0.6) is 0 Å². The van der Waals surface area contributed by atoms with Crippen molar-refractivity contribution in [3.8, 4) is 22.6 Å². The molecule has 0 aliphatic carbocycles. The number of hydrogen-bond acceptors (Lipinski definition) is 7. The minimum absolute atomic E-state index is 0.0552. The number of aromatic nitrogens is 2. The van der Waals surface area contributed by atoms with E-state index in [1.807, 2.05) is 18.2 Å². The molecular formula is C19H9BrN6OS2. The number of nitriles is 2. The van der Waals surface area contributed by atoms with Crippen LogP contribution in [0.1, 0.15) is 21.5 Å². The van der Waals surface area contributed by atoms with Gasteiger partial charge in [-0.3, -0.25) is 15.5 Å². The second-order valence-corrected chi connectivity index (χ2v) is 9.19. The van der Waals surface area contributed by atoms with Crippen molar-refractivity contribution in [3.05, 3.63) is 68.4 Å². The van der Waals surface area contributed by atoms with Crippen LogP contribution in [-0.2, 0) is 0 Å². The maximum atomic E-state index is 12.4. The van der Waals surface area contributed by atoms with Crippen molar-refractivity contribution in [2.24, 2.45) is 0 Å². The van der Waals surface area contributed by atoms with Gasteiger partial charge in [-0.1, -0.05) is 29.5 Å². The fourth-order valence-electron chi connectivity index (χ4n) is 2.77. The number of fused-ring (bicyclic) bond motifs is 1. The number of carbonyl (C=O) groups is 1. The summed E-state index contributed by atoms with van der Waals surface area (Å²) in [6.07, 6.45) is 0. The van der Waals surface area contributed by atoms with Gasteiger partial charge in [0.25, 0.3) is 5.91 Å². The molecule has 0 spiro atoms. The summed E-state index contributed by atoms with van der Waals surface area (Å²) < 4.78 is 2.06. The average Bonchev–Trinajstić information content (AvgIpc) is 3.35. The van der Waals surface area contributed by atoms with E-state index in [1.165, 1.54) is 15.9 Å². The first-order chi connectivity index (χ1) is 14.0. The molecule has 0 saturated carbocycles. The molecule has 0 aliphatic heterocycles. The van der Waals surface area contributed by atoms with Crippen molar-refractivity contribution in [1.29, 1.82) is 15.9 Å². The number of amides is 1. The Hall–Kier alpha value is -3.31. The molecule has 0 bridgehead atoms. The number of anilines is 1. The zero-order valence-electron chi connectivity index (χ0n) is 14.4. The van der Waals surface area contributed by atoms with E-state index in [-0.39, 0.29) is 27.7 Å². The Morgan fingerprint density at radius 2 is 1.83 bits per heavy atom. The maximum absolute atomic E-state index is 12.4. The third-order valence-electron chi connectivity index (χ3n) is 4.04. The van der Waals surface area contributed by atoms with Crippen LogP contribution in [0.3, 0.4) is 0 Å². The van der Waals surface area contributed by atoms with Gasteiger partial charge >= 0.3 is 0 Å². The largest absolute Gasteiger partial charge is 0.296 e. The van der Waals surface area contributed by atoms with Crippen LogP contribution in [0.15, 0.2) is 46.3 Å². The van der Waals surface area contributed by atoms with E-state index < -0.39 is 0 Å². The topological polar surface area (TPSA) is 118 Å². The number of thiophene rings is 1. The number of rotatable bonds is 3. The van der Waals surface area contributed by atoms with Crippen LogP contribution >= 0.6 is 38.6 Å². The van der Waals surface area contributed by atoms with Gasteiger partial charge in [0.1, 0.15) is 22.5 Å². The quantitative estimate of drug-likeness (QED) is 0.452. The molecule has 29 heavy (non-hydrogen) atoms. The molecule has 1 aromatic carbocycles. The summed E-state index contributed by atoms with van der Waals surface area (Å²) in [5.74, 6) is -0.349. The standard InChI is InChI=1S/C19H9BrN6OS2/c20-14-7-6-13(28-14)15-11(8-21)16(23)26-18(12(15)9-22)29-19(25-26)24-17(27)10-4-2-1-3-5-10/h1-7,23H,(H,24,25,27). The molecule has 3 aromatic heterocycles. The Morgan fingerprint density at radius 1 is 1.10 bits per heavy atom. The predicted molar refractivity (Wildman–Crippen MR) is 114 cm³/mol. The van der Waals surface area contributed by atoms with Crippen molar-refractivity contribution in [3.63, 3.8) is 0 Å². The van der Waals surface area contributed by atoms with E-state index in [9.17, 15) is 15.3 Å². The van der Waals surface area contributed by atoms with E-state index in [1.54, 1.807) is 30.3 Å². The van der Waals surface area contributed by atoms with Crippen LogP contribution in [-0.4, -0.2) is 15.5 Å². The van der Waals surface area contributed by atoms with Gasteiger partial charge in [-0.05, 0) is 40.2 Å². The Bertz CT molecular complexity index is 1400. The lowest BCUT2D eigenvalue weighted by Crippen LogP contribution is -2.20.